The van der Waals surface area contributed by atoms with E-state index < -0.39 is 0 Å². The van der Waals surface area contributed by atoms with Crippen LogP contribution in [0.15, 0.2) is 53.5 Å². The third-order valence-electron chi connectivity index (χ3n) is 6.30. The van der Waals surface area contributed by atoms with Crippen LogP contribution in [0.2, 0.25) is 0 Å². The Bertz CT molecular complexity index is 882. The van der Waals surface area contributed by atoms with Gasteiger partial charge in [0.1, 0.15) is 11.4 Å². The number of ether oxygens (including phenoxy) is 2. The summed E-state index contributed by atoms with van der Waals surface area (Å²) in [5.41, 5.74) is 3.49. The summed E-state index contributed by atoms with van der Waals surface area (Å²) in [5, 5.41) is 10.5. The fourth-order valence-electron chi connectivity index (χ4n) is 4.66. The monoisotopic (exact) mass is 550 g/mol. The molecule has 1 aliphatic heterocycles. The molecule has 2 aliphatic rings. The van der Waals surface area contributed by atoms with Crippen molar-refractivity contribution in [2.45, 2.75) is 50.3 Å². The van der Waals surface area contributed by atoms with Gasteiger partial charge in [0.05, 0.1) is 12.6 Å². The number of aliphatic imine (C=N–C) groups is 1. The van der Waals surface area contributed by atoms with Crippen molar-refractivity contribution in [2.75, 3.05) is 32.6 Å². The average molecular weight is 550 g/mol. The molecule has 1 fully saturated rings. The Labute approximate surface area is 208 Å². The second-order valence-electron chi connectivity index (χ2n) is 8.47. The lowest BCUT2D eigenvalue weighted by molar-refractivity contribution is 0.0396. The molecule has 7 heteroatoms. The molecule has 32 heavy (non-hydrogen) atoms. The largest absolute Gasteiger partial charge is 0.487 e. The van der Waals surface area contributed by atoms with Crippen LogP contribution in [0.4, 0.5) is 5.69 Å². The zero-order chi connectivity index (χ0) is 21.5. The van der Waals surface area contributed by atoms with E-state index in [0.717, 1.165) is 43.2 Å². The molecular weight excluding hydrogens is 515 g/mol. The second kappa shape index (κ2) is 11.7. The summed E-state index contributed by atoms with van der Waals surface area (Å²) >= 11 is 0. The number of methoxy groups -OCH3 is 1. The summed E-state index contributed by atoms with van der Waals surface area (Å²) in [6.07, 6.45) is 5.75. The zero-order valence-corrected chi connectivity index (χ0v) is 21.4. The van der Waals surface area contributed by atoms with Crippen LogP contribution in [0.5, 0.6) is 5.75 Å². The van der Waals surface area contributed by atoms with Gasteiger partial charge in [-0.25, -0.2) is 0 Å². The topological polar surface area (TPSA) is 66.9 Å². The minimum Gasteiger partial charge on any atom is -0.487 e. The summed E-state index contributed by atoms with van der Waals surface area (Å²) < 4.78 is 11.6. The van der Waals surface area contributed by atoms with E-state index in [9.17, 15) is 0 Å². The number of rotatable bonds is 7. The van der Waals surface area contributed by atoms with Crippen LogP contribution in [-0.4, -0.2) is 38.9 Å². The highest BCUT2D eigenvalue weighted by atomic mass is 127. The highest BCUT2D eigenvalue weighted by molar-refractivity contribution is 14.0. The summed E-state index contributed by atoms with van der Waals surface area (Å²) in [6.45, 7) is 2.22. The third-order valence-corrected chi connectivity index (χ3v) is 6.30. The number of fused-ring (bicyclic) bond motifs is 1. The van der Waals surface area contributed by atoms with Crippen LogP contribution >= 0.6 is 24.0 Å². The van der Waals surface area contributed by atoms with Gasteiger partial charge in [0, 0.05) is 44.9 Å². The first-order chi connectivity index (χ1) is 15.2. The SMILES string of the molecule is CN=C(NCc1ccc(NCCOC)cc1)NC1CC2(CCCC2)Oc2ccccc21.I. The molecule has 0 saturated heterocycles. The van der Waals surface area contributed by atoms with Gasteiger partial charge in [-0.2, -0.15) is 0 Å². The minimum atomic E-state index is -0.0312. The first-order valence-corrected chi connectivity index (χ1v) is 11.3. The van der Waals surface area contributed by atoms with E-state index in [4.69, 9.17) is 9.47 Å². The maximum atomic E-state index is 6.49. The van der Waals surface area contributed by atoms with Crippen molar-refractivity contribution in [1.82, 2.24) is 10.6 Å². The van der Waals surface area contributed by atoms with Crippen molar-refractivity contribution in [3.8, 4) is 5.75 Å². The van der Waals surface area contributed by atoms with Crippen molar-refractivity contribution < 1.29 is 9.47 Å². The molecule has 2 aromatic rings. The fourth-order valence-corrected chi connectivity index (χ4v) is 4.66. The van der Waals surface area contributed by atoms with Gasteiger partial charge in [0.15, 0.2) is 5.96 Å². The van der Waals surface area contributed by atoms with E-state index in [2.05, 4.69) is 69.5 Å². The zero-order valence-electron chi connectivity index (χ0n) is 19.0. The number of anilines is 1. The van der Waals surface area contributed by atoms with E-state index >= 15 is 0 Å². The molecule has 1 saturated carbocycles. The van der Waals surface area contributed by atoms with Gasteiger partial charge < -0.3 is 25.4 Å². The van der Waals surface area contributed by atoms with E-state index in [1.807, 2.05) is 7.05 Å². The molecule has 3 N–H and O–H groups in total. The van der Waals surface area contributed by atoms with E-state index in [1.54, 1.807) is 7.11 Å². The first kappa shape index (κ1) is 24.6. The van der Waals surface area contributed by atoms with Gasteiger partial charge in [0.25, 0.3) is 0 Å². The Balaban J connectivity index is 0.00000289. The molecule has 0 bridgehead atoms. The number of hydrogen-bond donors (Lipinski definition) is 3. The maximum absolute atomic E-state index is 6.49. The Hall–Kier alpha value is -2.00. The highest BCUT2D eigenvalue weighted by Gasteiger charge is 2.43. The maximum Gasteiger partial charge on any atom is 0.191 e. The van der Waals surface area contributed by atoms with E-state index in [0.29, 0.717) is 13.2 Å². The van der Waals surface area contributed by atoms with Crippen molar-refractivity contribution >= 4 is 35.6 Å². The van der Waals surface area contributed by atoms with Gasteiger partial charge in [0.2, 0.25) is 0 Å². The standard InChI is InChI=1S/C25H34N4O2.HI/c1-26-24(28-18-19-9-11-20(12-10-19)27-15-16-30-2)29-22-17-25(13-5-6-14-25)31-23-8-4-3-7-21(22)23;/h3-4,7-12,22,27H,5-6,13-18H2,1-2H3,(H2,26,28,29);1H. The average Bonchev–Trinajstić information content (AvgIpc) is 3.24. The van der Waals surface area contributed by atoms with Crippen molar-refractivity contribution in [3.63, 3.8) is 0 Å². The molecule has 1 atom stereocenters. The Kier molecular flexibility index (Phi) is 9.04. The second-order valence-corrected chi connectivity index (χ2v) is 8.47. The highest BCUT2D eigenvalue weighted by Crippen LogP contribution is 2.46. The lowest BCUT2D eigenvalue weighted by atomic mass is 9.86. The van der Waals surface area contributed by atoms with Crippen LogP contribution in [-0.2, 0) is 11.3 Å². The summed E-state index contributed by atoms with van der Waals surface area (Å²) in [5.74, 6) is 1.83. The van der Waals surface area contributed by atoms with Crippen LogP contribution in [0.25, 0.3) is 0 Å². The Morgan fingerprint density at radius 3 is 2.59 bits per heavy atom. The molecular formula is C25H35IN4O2. The van der Waals surface area contributed by atoms with Crippen LogP contribution in [0, 0.1) is 0 Å². The lowest BCUT2D eigenvalue weighted by Crippen LogP contribution is -2.46. The molecule has 0 amide bonds. The number of benzene rings is 2. The molecule has 1 spiro atoms. The molecule has 1 aliphatic carbocycles. The van der Waals surface area contributed by atoms with Crippen molar-refractivity contribution in [3.05, 3.63) is 59.7 Å². The molecule has 174 valence electrons. The summed E-state index contributed by atoms with van der Waals surface area (Å²) in [6, 6.07) is 17.1. The molecule has 4 rings (SSSR count). The number of nitrogens with zero attached hydrogens (tertiary/aromatic N) is 1. The molecule has 2 aromatic carbocycles. The van der Waals surface area contributed by atoms with Crippen LogP contribution in [0.3, 0.4) is 0 Å². The van der Waals surface area contributed by atoms with Gasteiger partial charge in [-0.1, -0.05) is 30.3 Å². The normalized spacial score (nSPS) is 18.9. The number of halogens is 1. The Morgan fingerprint density at radius 2 is 1.88 bits per heavy atom. The summed E-state index contributed by atoms with van der Waals surface area (Å²) in [4.78, 5) is 4.48. The Morgan fingerprint density at radius 1 is 1.12 bits per heavy atom. The van der Waals surface area contributed by atoms with Crippen LogP contribution in [0.1, 0.15) is 49.3 Å². The first-order valence-electron chi connectivity index (χ1n) is 11.3. The van der Waals surface area contributed by atoms with Gasteiger partial charge in [-0.05, 0) is 49.4 Å². The summed E-state index contributed by atoms with van der Waals surface area (Å²) in [7, 11) is 3.54. The van der Waals surface area contributed by atoms with Gasteiger partial charge >= 0.3 is 0 Å². The van der Waals surface area contributed by atoms with Crippen LogP contribution < -0.4 is 20.7 Å². The molecule has 0 radical (unpaired) electrons. The molecule has 0 aromatic heterocycles. The third kappa shape index (κ3) is 6.07. The molecule has 1 heterocycles. The predicted octanol–water partition coefficient (Wildman–Crippen LogP) is 4.86. The molecule has 6 nitrogen and oxygen atoms in total. The minimum absolute atomic E-state index is 0. The number of hydrogen-bond acceptors (Lipinski definition) is 4. The fraction of sp³-hybridized carbons (Fsp3) is 0.480. The van der Waals surface area contributed by atoms with E-state index in [1.165, 1.54) is 24.0 Å². The van der Waals surface area contributed by atoms with Crippen molar-refractivity contribution in [2.24, 2.45) is 4.99 Å². The quantitative estimate of drug-likeness (QED) is 0.199. The van der Waals surface area contributed by atoms with E-state index in [-0.39, 0.29) is 35.6 Å². The molecule has 1 unspecified atom stereocenters. The smallest absolute Gasteiger partial charge is 0.191 e. The van der Waals surface area contributed by atoms with Gasteiger partial charge in [-0.3, -0.25) is 4.99 Å². The lowest BCUT2D eigenvalue weighted by Gasteiger charge is -2.40. The number of nitrogens with one attached hydrogen (secondary N) is 3. The van der Waals surface area contributed by atoms with Gasteiger partial charge in [-0.15, -0.1) is 24.0 Å². The number of guanidine groups is 1. The van der Waals surface area contributed by atoms with Crippen molar-refractivity contribution in [1.29, 1.82) is 0 Å². The number of para-hydroxylation sites is 1. The predicted molar refractivity (Wildman–Crippen MR) is 141 cm³/mol.